The van der Waals surface area contributed by atoms with E-state index in [0.29, 0.717) is 0 Å². The van der Waals surface area contributed by atoms with E-state index < -0.39 is 54.4 Å². The number of ether oxygens (including phenoxy) is 1. The monoisotopic (exact) mass is 417 g/mol. The smallest absolute Gasteiger partial charge is 0.473 e. The van der Waals surface area contributed by atoms with Crippen molar-refractivity contribution < 1.29 is 54.6 Å². The maximum Gasteiger partial charge on any atom is 0.473 e. The molecule has 0 saturated heterocycles. The van der Waals surface area contributed by atoms with Crippen LogP contribution in [0.15, 0.2) is 12.2 Å². The van der Waals surface area contributed by atoms with Crippen LogP contribution in [0.3, 0.4) is 0 Å². The van der Waals surface area contributed by atoms with Gasteiger partial charge in [0.15, 0.2) is 0 Å². The van der Waals surface area contributed by atoms with E-state index in [1.54, 1.807) is 13.8 Å². The largest absolute Gasteiger partial charge is 0.480 e. The Morgan fingerprint density at radius 1 is 1.00 bits per heavy atom. The number of carboxylic acid groups (broad SMARTS) is 1. The van der Waals surface area contributed by atoms with Crippen LogP contribution in [0.4, 0.5) is 35.1 Å². The molecule has 160 valence electrons. The molecule has 0 aromatic carbocycles. The highest BCUT2D eigenvalue weighted by molar-refractivity contribution is 5.87. The first-order valence-electron chi connectivity index (χ1n) is 7.02. The summed E-state index contributed by atoms with van der Waals surface area (Å²) in [5, 5.41) is 8.23. The maximum atomic E-state index is 12.8. The average molecular weight is 417 g/mol. The van der Waals surface area contributed by atoms with Gasteiger partial charge in [0.1, 0.15) is 6.04 Å². The van der Waals surface area contributed by atoms with Crippen molar-refractivity contribution in [3.63, 3.8) is 0 Å². The third-order valence-corrected chi connectivity index (χ3v) is 2.88. The molecule has 27 heavy (non-hydrogen) atoms. The Hall–Kier alpha value is -1.92. The minimum Gasteiger partial charge on any atom is -0.480 e. The molecule has 0 spiro atoms. The van der Waals surface area contributed by atoms with Gasteiger partial charge in [0.25, 0.3) is 0 Å². The van der Waals surface area contributed by atoms with Crippen molar-refractivity contribution in [2.24, 2.45) is 11.7 Å². The molecule has 0 unspecified atom stereocenters. The van der Waals surface area contributed by atoms with Crippen molar-refractivity contribution in [1.29, 1.82) is 0 Å². The van der Waals surface area contributed by atoms with Crippen molar-refractivity contribution in [2.75, 3.05) is 0 Å². The zero-order valence-corrected chi connectivity index (χ0v) is 14.6. The van der Waals surface area contributed by atoms with E-state index in [2.05, 4.69) is 11.3 Å². The topological polar surface area (TPSA) is 89.6 Å². The van der Waals surface area contributed by atoms with Gasteiger partial charge in [0, 0.05) is 12.5 Å². The second kappa shape index (κ2) is 8.85. The summed E-state index contributed by atoms with van der Waals surface area (Å²) < 4.78 is 104. The Balaban J connectivity index is 0. The molecular weight excluding hydrogens is 398 g/mol. The van der Waals surface area contributed by atoms with Crippen molar-refractivity contribution in [3.8, 4) is 0 Å². The number of esters is 1. The van der Waals surface area contributed by atoms with Gasteiger partial charge in [-0.25, -0.2) is 4.79 Å². The molecule has 0 aliphatic heterocycles. The first-order chi connectivity index (χ1) is 11.6. The molecule has 0 radical (unpaired) electrons. The molecule has 3 N–H and O–H groups in total. The van der Waals surface area contributed by atoms with Gasteiger partial charge in [-0.3, -0.25) is 4.79 Å². The molecule has 0 saturated carbocycles. The van der Waals surface area contributed by atoms with Crippen LogP contribution in [-0.2, 0) is 14.3 Å². The van der Waals surface area contributed by atoms with Gasteiger partial charge in [-0.15, -0.1) is 0 Å². The fraction of sp³-hybridized carbons (Fsp3) is 0.714. The minimum atomic E-state index is -6.61. The fourth-order valence-corrected chi connectivity index (χ4v) is 1.01. The second-order valence-corrected chi connectivity index (χ2v) is 5.83. The number of halogens is 8. The SMILES string of the molecule is C=C(C)C(=O)OC(F)(F)C(F)(F)C(F)(F)C(C)(F)F.CC(C)[C@H](N)C(=O)O. The number of rotatable bonds is 7. The molecule has 5 nitrogen and oxygen atoms in total. The molecule has 0 bridgehead atoms. The van der Waals surface area contributed by atoms with Gasteiger partial charge >= 0.3 is 35.8 Å². The molecule has 0 fully saturated rings. The molecule has 0 aromatic heterocycles. The molecule has 0 rings (SSSR count). The average Bonchev–Trinajstić information content (AvgIpc) is 2.44. The van der Waals surface area contributed by atoms with Crippen molar-refractivity contribution in [1.82, 2.24) is 0 Å². The van der Waals surface area contributed by atoms with Crippen molar-refractivity contribution in [2.45, 2.75) is 57.6 Å². The van der Waals surface area contributed by atoms with Crippen LogP contribution in [-0.4, -0.2) is 47.0 Å². The maximum absolute atomic E-state index is 12.8. The van der Waals surface area contributed by atoms with E-state index in [-0.39, 0.29) is 5.92 Å². The van der Waals surface area contributed by atoms with Crippen molar-refractivity contribution >= 4 is 11.9 Å². The number of aliphatic carboxylic acids is 1. The van der Waals surface area contributed by atoms with Gasteiger partial charge < -0.3 is 15.6 Å². The summed E-state index contributed by atoms with van der Waals surface area (Å²) in [7, 11) is 0. The van der Waals surface area contributed by atoms with Gasteiger partial charge in [0.05, 0.1) is 0 Å². The van der Waals surface area contributed by atoms with Gasteiger partial charge in [0.2, 0.25) is 0 Å². The summed E-state index contributed by atoms with van der Waals surface area (Å²) in [5.41, 5.74) is 4.36. The van der Waals surface area contributed by atoms with Crippen LogP contribution in [0.5, 0.6) is 0 Å². The Morgan fingerprint density at radius 2 is 1.37 bits per heavy atom. The molecule has 0 aliphatic rings. The normalized spacial score (nSPS) is 14.1. The minimum absolute atomic E-state index is 0.0208. The first-order valence-corrected chi connectivity index (χ1v) is 7.02. The molecular formula is C14H19F8NO4. The predicted molar refractivity (Wildman–Crippen MR) is 76.8 cm³/mol. The summed E-state index contributed by atoms with van der Waals surface area (Å²) in [6, 6.07) is -0.713. The van der Waals surface area contributed by atoms with E-state index in [9.17, 15) is 44.7 Å². The van der Waals surface area contributed by atoms with Crippen LogP contribution in [0.25, 0.3) is 0 Å². The lowest BCUT2D eigenvalue weighted by atomic mass is 10.1. The predicted octanol–water partition coefficient (Wildman–Crippen LogP) is 3.68. The van der Waals surface area contributed by atoms with Gasteiger partial charge in [-0.2, -0.15) is 35.1 Å². The van der Waals surface area contributed by atoms with Crippen molar-refractivity contribution in [3.05, 3.63) is 12.2 Å². The number of alkyl halides is 8. The highest BCUT2D eigenvalue weighted by atomic mass is 19.4. The third kappa shape index (κ3) is 6.63. The van der Waals surface area contributed by atoms with Crippen LogP contribution >= 0.6 is 0 Å². The number of hydrogen-bond acceptors (Lipinski definition) is 4. The van der Waals surface area contributed by atoms with E-state index in [4.69, 9.17) is 10.8 Å². The quantitative estimate of drug-likeness (QED) is 0.375. The number of nitrogens with two attached hydrogens (primary N) is 1. The number of carbonyl (C=O) groups is 2. The first kappa shape index (κ1) is 27.3. The number of hydrogen-bond donors (Lipinski definition) is 2. The lowest BCUT2D eigenvalue weighted by molar-refractivity contribution is -0.413. The number of carbonyl (C=O) groups excluding carboxylic acids is 1. The Kier molecular flexibility index (Phi) is 8.94. The van der Waals surface area contributed by atoms with E-state index >= 15 is 0 Å². The van der Waals surface area contributed by atoms with E-state index in [1.807, 2.05) is 0 Å². The second-order valence-electron chi connectivity index (χ2n) is 5.83. The lowest BCUT2D eigenvalue weighted by Crippen LogP contribution is -2.62. The molecule has 0 aromatic rings. The van der Waals surface area contributed by atoms with Crippen LogP contribution < -0.4 is 5.73 Å². The molecule has 13 heteroatoms. The molecule has 0 aliphatic carbocycles. The summed E-state index contributed by atoms with van der Waals surface area (Å²) in [4.78, 5) is 20.6. The number of carboxylic acids is 1. The Bertz CT molecular complexity index is 558. The third-order valence-electron chi connectivity index (χ3n) is 2.88. The van der Waals surface area contributed by atoms with E-state index in [0.717, 1.165) is 6.92 Å². The van der Waals surface area contributed by atoms with Gasteiger partial charge in [-0.1, -0.05) is 20.4 Å². The zero-order chi connectivity index (χ0) is 22.6. The zero-order valence-electron chi connectivity index (χ0n) is 14.6. The summed E-state index contributed by atoms with van der Waals surface area (Å²) in [5.74, 6) is -21.5. The summed E-state index contributed by atoms with van der Waals surface area (Å²) in [6.45, 7) is 6.39. The summed E-state index contributed by atoms with van der Waals surface area (Å²) >= 11 is 0. The lowest BCUT2D eigenvalue weighted by Gasteiger charge is -2.34. The van der Waals surface area contributed by atoms with Crippen LogP contribution in [0.1, 0.15) is 27.7 Å². The van der Waals surface area contributed by atoms with Gasteiger partial charge in [-0.05, 0) is 12.8 Å². The fourth-order valence-electron chi connectivity index (χ4n) is 1.01. The molecule has 0 heterocycles. The Morgan fingerprint density at radius 3 is 1.56 bits per heavy atom. The van der Waals surface area contributed by atoms with Crippen LogP contribution in [0.2, 0.25) is 0 Å². The van der Waals surface area contributed by atoms with Crippen LogP contribution in [0, 0.1) is 5.92 Å². The summed E-state index contributed by atoms with van der Waals surface area (Å²) in [6.07, 6.45) is -6.13. The highest BCUT2D eigenvalue weighted by Gasteiger charge is 2.81. The highest BCUT2D eigenvalue weighted by Crippen LogP contribution is 2.52. The molecule has 1 atom stereocenters. The Labute approximate surface area is 149 Å². The van der Waals surface area contributed by atoms with E-state index in [1.165, 1.54) is 0 Å². The molecule has 0 amide bonds. The standard InChI is InChI=1S/C9H8F8O2.C5H11NO2/c1-4(2)5(18)19-9(16,17)8(14,15)7(12,13)6(3,10)11;1-3(2)4(6)5(7)8/h1H2,2-3H3;3-4H,6H2,1-2H3,(H,7,8)/t;4-/m.0/s1.